The highest BCUT2D eigenvalue weighted by Crippen LogP contribution is 1.46. The summed E-state index contributed by atoms with van der Waals surface area (Å²) in [6, 6.07) is 0. The van der Waals surface area contributed by atoms with Gasteiger partial charge in [-0.2, -0.15) is 0 Å². The van der Waals surface area contributed by atoms with Crippen molar-refractivity contribution in [2.75, 3.05) is 0 Å². The highest BCUT2D eigenvalue weighted by Gasteiger charge is 1.46. The normalized spacial score (nSPS) is 7.80. The summed E-state index contributed by atoms with van der Waals surface area (Å²) in [5.41, 5.74) is 0. The minimum absolute atomic E-state index is 1.37. The van der Waals surface area contributed by atoms with Crippen LogP contribution in [0.25, 0.3) is 0 Å². The van der Waals surface area contributed by atoms with Gasteiger partial charge in [-0.15, -0.1) is 0 Å². The molecule has 0 aliphatic carbocycles. The van der Waals surface area contributed by atoms with Crippen LogP contribution in [0.15, 0.2) is 0 Å². The highest BCUT2D eigenvalue weighted by atomic mass is 33.5. The number of hydrogen-bond acceptors (Lipinski definition) is 2. The van der Waals surface area contributed by atoms with Crippen molar-refractivity contribution < 1.29 is 0 Å². The predicted molar refractivity (Wildman–Crippen MR) is 435 cm³/mol. The van der Waals surface area contributed by atoms with E-state index in [1.54, 1.807) is 107 Å². The van der Waals surface area contributed by atoms with Crippen LogP contribution < -0.4 is 0 Å². The molecule has 0 aliphatic rings. The van der Waals surface area contributed by atoms with Crippen LogP contribution in [0.2, 0.25) is 0 Å². The SMILES string of the molecule is S=S=S=S=S=S=S=S=S=S=S=S=S=S=S=S=S=S=S=S=S=S=S=S=S=S=S=S=S=S=S=S=S=S=S=S=S=S=S=S=S=S=S=S=S=S=S=S=S=S=S=S=S=S=S=S=S=S=S. The lowest BCUT2D eigenvalue weighted by Crippen LogP contribution is -1.41. The molecule has 59 heteroatoms. The Morgan fingerprint density at radius 1 is 0.0847 bits per heavy atom. The van der Waals surface area contributed by atoms with E-state index in [1.807, 2.05) is 382 Å². The zero-order valence-electron chi connectivity index (χ0n) is 24.1. The summed E-state index contributed by atoms with van der Waals surface area (Å²) >= 11 is 9.64. The summed E-state index contributed by atoms with van der Waals surface area (Å²) in [6.07, 6.45) is 0. The topological polar surface area (TPSA) is 0 Å². The van der Waals surface area contributed by atoms with Crippen molar-refractivity contribution in [2.24, 2.45) is 0 Å². The standard InChI is InChI=1S/S59/c1-3-5-7-9-11-13-15-17-19-21-23-25-27-29-31-33-35-37-39-41-43-45-47-49-51-53-55-57-59-58-56-54-52-50-48-46-44-42-40-38-36-34-32-30-28-26-24-22-20-18-16-14-12-10-8-6-4-2. The quantitative estimate of drug-likeness (QED) is 0.332. The second-order valence-corrected chi connectivity index (χ2v) is 105. The molecule has 0 fully saturated rings. The summed E-state index contributed by atoms with van der Waals surface area (Å²) in [7, 11) is 102. The molecule has 0 aromatic heterocycles. The van der Waals surface area contributed by atoms with Gasteiger partial charge in [0.25, 0.3) is 0 Å². The minimum Gasteiger partial charge on any atom is 0 e. The lowest BCUT2D eigenvalue weighted by atomic mass is 30.7. The monoisotopic (exact) mass is 1890 g/mol. The molecular formula is S59. The Hall–Kier alpha value is 13.0. The predicted octanol–water partition coefficient (Wildman–Crippen LogP) is -0.142. The van der Waals surface area contributed by atoms with E-state index < -0.39 is 0 Å². The van der Waals surface area contributed by atoms with E-state index in [-0.39, 0.29) is 0 Å². The Bertz CT molecular complexity index is 3930. The molecule has 0 amide bonds. The van der Waals surface area contributed by atoms with Gasteiger partial charge in [0.15, 0.2) is 0 Å². The van der Waals surface area contributed by atoms with E-state index in [9.17, 15) is 0 Å². The molecule has 0 rings (SSSR count). The Balaban J connectivity index is 6.11. The van der Waals surface area contributed by atoms with Crippen LogP contribution >= 0.6 is 0 Å². The van der Waals surface area contributed by atoms with Crippen LogP contribution in [0.3, 0.4) is 0 Å². The molecule has 0 bridgehead atoms. The van der Waals surface area contributed by atoms with Crippen LogP contribution in [0.5, 0.6) is 0 Å². The second-order valence-electron chi connectivity index (χ2n) is 3.88. The highest BCUT2D eigenvalue weighted by molar-refractivity contribution is 8.83. The van der Waals surface area contributed by atoms with Crippen molar-refractivity contribution >= 4 is 529 Å². The van der Waals surface area contributed by atoms with E-state index >= 15 is 0 Å². The molecule has 0 atom stereocenters. The van der Waals surface area contributed by atoms with Gasteiger partial charge in [-0.25, -0.2) is 0 Å². The molecule has 0 aliphatic heterocycles. The Kier molecular flexibility index (Phi) is 86.6. The van der Waals surface area contributed by atoms with Crippen molar-refractivity contribution in [3.05, 3.63) is 0 Å². The molecule has 0 N–H and O–H groups in total. The van der Waals surface area contributed by atoms with Crippen LogP contribution in [-0.2, 0) is 529 Å². The maximum atomic E-state index is 4.82. The summed E-state index contributed by atoms with van der Waals surface area (Å²) < 4.78 is 0. The average molecular weight is 1890 g/mol. The van der Waals surface area contributed by atoms with Gasteiger partial charge < -0.3 is 0 Å². The van der Waals surface area contributed by atoms with Gasteiger partial charge in [0.2, 0.25) is 0 Å². The van der Waals surface area contributed by atoms with Crippen molar-refractivity contribution in [3.63, 3.8) is 0 Å². The van der Waals surface area contributed by atoms with Gasteiger partial charge in [-0.3, -0.25) is 0 Å². The lowest BCUT2D eigenvalue weighted by Gasteiger charge is -1.41. The van der Waals surface area contributed by atoms with Gasteiger partial charge >= 0.3 is 0 Å². The van der Waals surface area contributed by atoms with Crippen molar-refractivity contribution in [2.45, 2.75) is 0 Å². The molecule has 0 unspecified atom stereocenters. The zero-order valence-corrected chi connectivity index (χ0v) is 72.3. The van der Waals surface area contributed by atoms with Crippen molar-refractivity contribution in [1.82, 2.24) is 0 Å². The van der Waals surface area contributed by atoms with E-state index in [1.165, 1.54) is 17.8 Å². The summed E-state index contributed by atoms with van der Waals surface area (Å²) in [6.45, 7) is 0. The molecule has 0 heterocycles. The molecule has 0 nitrogen and oxygen atoms in total. The van der Waals surface area contributed by atoms with Crippen LogP contribution in [0.4, 0.5) is 0 Å². The Morgan fingerprint density at radius 3 is 0.186 bits per heavy atom. The molecule has 0 aromatic rings. The Morgan fingerprint density at radius 2 is 0.136 bits per heavy atom. The van der Waals surface area contributed by atoms with Gasteiger partial charge in [0.1, 0.15) is 0 Å². The van der Waals surface area contributed by atoms with Crippen LogP contribution in [0, 0.1) is 0 Å². The third kappa shape index (κ3) is 71.0. The maximum absolute atomic E-state index is 4.82. The molecule has 354 valence electrons. The van der Waals surface area contributed by atoms with E-state index in [0.717, 1.165) is 0 Å². The van der Waals surface area contributed by atoms with Gasteiger partial charge in [0.05, 0.1) is 0 Å². The third-order valence-corrected chi connectivity index (χ3v) is 126. The fourth-order valence-corrected chi connectivity index (χ4v) is 152. The van der Waals surface area contributed by atoms with Gasteiger partial charge in [0, 0.05) is 529 Å². The van der Waals surface area contributed by atoms with E-state index in [2.05, 4.69) is 0 Å². The van der Waals surface area contributed by atoms with Crippen LogP contribution in [0.1, 0.15) is 0 Å². The third-order valence-electron chi connectivity index (χ3n) is 1.56. The molecule has 59 heavy (non-hydrogen) atoms. The maximum Gasteiger partial charge on any atom is 0 e. The molecule has 0 spiro atoms. The first-order chi connectivity index (χ1) is 29.4. The molecule has 0 saturated carbocycles. The molecule has 0 saturated heterocycles. The fraction of sp³-hybridized carbons (Fsp3) is 0. The number of rotatable bonds is 0. The molecular weight excluding hydrogens is 1890 g/mol. The lowest BCUT2D eigenvalue weighted by molar-refractivity contribution is 5.95. The smallest absolute Gasteiger partial charge is 0 e. The first-order valence-electron chi connectivity index (χ1n) is 9.67. The van der Waals surface area contributed by atoms with E-state index in [0.29, 0.717) is 0 Å². The van der Waals surface area contributed by atoms with Crippen molar-refractivity contribution in [3.8, 4) is 0 Å². The molecule has 0 radical (unpaired) electrons. The second kappa shape index (κ2) is 71.0. The van der Waals surface area contributed by atoms with E-state index in [4.69, 9.17) is 22.4 Å². The average Bonchev–Trinajstić information content (AvgIpc) is 3.25. The van der Waals surface area contributed by atoms with Gasteiger partial charge in [-0.05, 0) is 0 Å². The van der Waals surface area contributed by atoms with Crippen molar-refractivity contribution in [1.29, 1.82) is 0 Å². The summed E-state index contributed by atoms with van der Waals surface area (Å²) in [5, 5.41) is 0. The van der Waals surface area contributed by atoms with Crippen LogP contribution in [-0.4, -0.2) is 0 Å². The number of hydrogen-bond donors (Lipinski definition) is 0. The Labute approximate surface area is 512 Å². The minimum atomic E-state index is 1.37. The first kappa shape index (κ1) is 72.0. The fourth-order valence-electron chi connectivity index (χ4n) is 0.624. The molecule has 0 aromatic carbocycles. The summed E-state index contributed by atoms with van der Waals surface area (Å²) in [5.74, 6) is 0. The largest absolute Gasteiger partial charge is 0 e. The zero-order chi connectivity index (χ0) is 42.3. The van der Waals surface area contributed by atoms with Gasteiger partial charge in [-0.1, -0.05) is 0 Å². The summed E-state index contributed by atoms with van der Waals surface area (Å²) in [4.78, 5) is 0. The first-order valence-corrected chi connectivity index (χ1v) is 87.0.